The quantitative estimate of drug-likeness (QED) is 0.643. The monoisotopic (exact) mass is 372 g/mol. The predicted octanol–water partition coefficient (Wildman–Crippen LogP) is 0.0299. The second-order valence-electron chi connectivity index (χ2n) is 7.49. The number of anilines is 1. The molecule has 6 heteroatoms. The molecule has 3 rings (SSSR count). The van der Waals surface area contributed by atoms with Crippen molar-refractivity contribution < 1.29 is 19.1 Å². The van der Waals surface area contributed by atoms with E-state index in [4.69, 9.17) is 4.52 Å². The number of aryl methyl sites for hydroxylation is 3. The Morgan fingerprint density at radius 3 is 2.30 bits per heavy atom. The highest BCUT2D eigenvalue weighted by Crippen LogP contribution is 2.22. The Kier molecular flexibility index (Phi) is 6.63. The average Bonchev–Trinajstić information content (AvgIpc) is 3.08. The predicted molar refractivity (Wildman–Crippen MR) is 105 cm³/mol. The highest BCUT2D eigenvalue weighted by atomic mass is 16.5. The van der Waals surface area contributed by atoms with Crippen molar-refractivity contribution in [1.82, 2.24) is 5.16 Å². The van der Waals surface area contributed by atoms with Crippen LogP contribution in [-0.4, -0.2) is 43.8 Å². The lowest BCUT2D eigenvalue weighted by molar-refractivity contribution is -1.02. The van der Waals surface area contributed by atoms with Crippen LogP contribution in [0.1, 0.15) is 36.4 Å². The Labute approximate surface area is 161 Å². The minimum atomic E-state index is 0.121. The van der Waals surface area contributed by atoms with E-state index in [-0.39, 0.29) is 5.91 Å². The minimum absolute atomic E-state index is 0.121. The molecule has 6 nitrogen and oxygen atoms in total. The van der Waals surface area contributed by atoms with Crippen LogP contribution in [0.25, 0.3) is 0 Å². The van der Waals surface area contributed by atoms with Gasteiger partial charge in [-0.3, -0.25) is 4.79 Å². The standard InChI is InChI=1S/C21H30N4O2/c1-4-17-7-6-8-18(5-2)21(17)22-20(26)15-25-11-9-24(10-12-25)14-19-13-16(3)27-23-19/h6-8,13H,4-5,9-12,14-15H2,1-3H3,(H,22,26)/p+2. The van der Waals surface area contributed by atoms with E-state index in [9.17, 15) is 4.79 Å². The van der Waals surface area contributed by atoms with Crippen LogP contribution in [-0.2, 0) is 24.2 Å². The first-order valence-electron chi connectivity index (χ1n) is 10.1. The Bertz CT molecular complexity index is 741. The fraction of sp³-hybridized carbons (Fsp3) is 0.524. The SMILES string of the molecule is CCc1cccc(CC)c1NC(=O)C[NH+]1CC[NH+](Cc2cc(C)on2)CC1. The molecule has 3 N–H and O–H groups in total. The zero-order valence-electron chi connectivity index (χ0n) is 16.7. The number of nitrogens with zero attached hydrogens (tertiary/aromatic N) is 1. The summed E-state index contributed by atoms with van der Waals surface area (Å²) in [6.45, 7) is 11.8. The molecule has 1 aliphatic rings. The third-order valence-electron chi connectivity index (χ3n) is 5.45. The van der Waals surface area contributed by atoms with Gasteiger partial charge in [-0.2, -0.15) is 0 Å². The molecule has 2 aromatic rings. The van der Waals surface area contributed by atoms with Crippen LogP contribution in [0.15, 0.2) is 28.8 Å². The fourth-order valence-corrected chi connectivity index (χ4v) is 3.88. The molecule has 27 heavy (non-hydrogen) atoms. The minimum Gasteiger partial charge on any atom is -0.361 e. The van der Waals surface area contributed by atoms with Crippen LogP contribution in [0.3, 0.4) is 0 Å². The van der Waals surface area contributed by atoms with Gasteiger partial charge in [0, 0.05) is 11.8 Å². The smallest absolute Gasteiger partial charge is 0.279 e. The van der Waals surface area contributed by atoms with E-state index >= 15 is 0 Å². The number of carbonyl (C=O) groups excluding carboxylic acids is 1. The summed E-state index contributed by atoms with van der Waals surface area (Å²) >= 11 is 0. The number of quaternary nitrogens is 2. The molecule has 1 aromatic heterocycles. The molecule has 1 aromatic carbocycles. The van der Waals surface area contributed by atoms with Gasteiger partial charge in [-0.15, -0.1) is 0 Å². The van der Waals surface area contributed by atoms with E-state index in [1.165, 1.54) is 20.9 Å². The number of carbonyl (C=O) groups is 1. The normalized spacial score (nSPS) is 19.8. The summed E-state index contributed by atoms with van der Waals surface area (Å²) in [5, 5.41) is 7.28. The zero-order chi connectivity index (χ0) is 19.2. The molecule has 1 saturated heterocycles. The van der Waals surface area contributed by atoms with Gasteiger partial charge in [-0.1, -0.05) is 37.2 Å². The number of benzene rings is 1. The van der Waals surface area contributed by atoms with Gasteiger partial charge in [0.05, 0.1) is 0 Å². The van der Waals surface area contributed by atoms with Crippen molar-refractivity contribution >= 4 is 11.6 Å². The van der Waals surface area contributed by atoms with Gasteiger partial charge in [0.2, 0.25) is 0 Å². The van der Waals surface area contributed by atoms with Gasteiger partial charge in [0.1, 0.15) is 44.2 Å². The largest absolute Gasteiger partial charge is 0.361 e. The van der Waals surface area contributed by atoms with Crippen LogP contribution < -0.4 is 15.1 Å². The molecule has 0 unspecified atom stereocenters. The maximum absolute atomic E-state index is 12.6. The van der Waals surface area contributed by atoms with Crippen LogP contribution in [0.2, 0.25) is 0 Å². The number of aromatic nitrogens is 1. The van der Waals surface area contributed by atoms with Crippen LogP contribution in [0.4, 0.5) is 5.69 Å². The highest BCUT2D eigenvalue weighted by Gasteiger charge is 2.26. The second kappa shape index (κ2) is 9.15. The Balaban J connectivity index is 1.50. The Morgan fingerprint density at radius 2 is 1.74 bits per heavy atom. The number of hydrogen-bond donors (Lipinski definition) is 3. The van der Waals surface area contributed by atoms with E-state index in [2.05, 4.69) is 42.5 Å². The average molecular weight is 373 g/mol. The third kappa shape index (κ3) is 5.17. The number of amides is 1. The first kappa shape index (κ1) is 19.6. The number of rotatable bonds is 7. The van der Waals surface area contributed by atoms with Crippen LogP contribution in [0.5, 0.6) is 0 Å². The lowest BCUT2D eigenvalue weighted by Gasteiger charge is -2.29. The van der Waals surface area contributed by atoms with Crippen molar-refractivity contribution in [2.75, 3.05) is 38.0 Å². The van der Waals surface area contributed by atoms with Gasteiger partial charge in [-0.25, -0.2) is 0 Å². The van der Waals surface area contributed by atoms with E-state index in [1.54, 1.807) is 0 Å². The zero-order valence-corrected chi connectivity index (χ0v) is 16.7. The number of para-hydroxylation sites is 1. The summed E-state index contributed by atoms with van der Waals surface area (Å²) in [6.07, 6.45) is 1.86. The van der Waals surface area contributed by atoms with Crippen molar-refractivity contribution in [1.29, 1.82) is 0 Å². The topological polar surface area (TPSA) is 64.0 Å². The van der Waals surface area contributed by atoms with Crippen LogP contribution >= 0.6 is 0 Å². The lowest BCUT2D eigenvalue weighted by atomic mass is 10.0. The lowest BCUT2D eigenvalue weighted by Crippen LogP contribution is -3.28. The Morgan fingerprint density at radius 1 is 1.11 bits per heavy atom. The molecule has 1 amide bonds. The maximum atomic E-state index is 12.6. The molecule has 2 heterocycles. The summed E-state index contributed by atoms with van der Waals surface area (Å²) in [6, 6.07) is 8.30. The van der Waals surface area contributed by atoms with Gasteiger partial charge in [0.15, 0.2) is 6.54 Å². The Hall–Kier alpha value is -2.18. The van der Waals surface area contributed by atoms with E-state index in [0.717, 1.165) is 62.7 Å². The first-order valence-corrected chi connectivity index (χ1v) is 10.1. The summed E-state index contributed by atoms with van der Waals surface area (Å²) in [7, 11) is 0. The summed E-state index contributed by atoms with van der Waals surface area (Å²) < 4.78 is 5.15. The molecule has 0 atom stereocenters. The highest BCUT2D eigenvalue weighted by molar-refractivity contribution is 5.93. The van der Waals surface area contributed by atoms with Gasteiger partial charge in [0.25, 0.3) is 5.91 Å². The second-order valence-corrected chi connectivity index (χ2v) is 7.49. The molecule has 0 bridgehead atoms. The van der Waals surface area contributed by atoms with Crippen molar-refractivity contribution in [3.8, 4) is 0 Å². The van der Waals surface area contributed by atoms with Gasteiger partial charge in [-0.05, 0) is 30.9 Å². The molecular formula is C21H32N4O2+2. The molecule has 146 valence electrons. The molecule has 0 saturated carbocycles. The molecule has 1 fully saturated rings. The molecular weight excluding hydrogens is 340 g/mol. The fourth-order valence-electron chi connectivity index (χ4n) is 3.88. The van der Waals surface area contributed by atoms with Crippen molar-refractivity contribution in [2.45, 2.75) is 40.2 Å². The number of hydrogen-bond acceptors (Lipinski definition) is 3. The number of nitrogens with one attached hydrogen (secondary N) is 3. The molecule has 0 spiro atoms. The van der Waals surface area contributed by atoms with Crippen molar-refractivity contribution in [3.63, 3.8) is 0 Å². The van der Waals surface area contributed by atoms with Crippen molar-refractivity contribution in [3.05, 3.63) is 46.8 Å². The number of piperazine rings is 1. The van der Waals surface area contributed by atoms with Crippen molar-refractivity contribution in [2.24, 2.45) is 0 Å². The molecule has 0 aliphatic carbocycles. The summed E-state index contributed by atoms with van der Waals surface area (Å²) in [5.41, 5.74) is 4.48. The molecule has 1 aliphatic heterocycles. The summed E-state index contributed by atoms with van der Waals surface area (Å²) in [5.74, 6) is 0.986. The molecule has 0 radical (unpaired) electrons. The summed E-state index contributed by atoms with van der Waals surface area (Å²) in [4.78, 5) is 15.5. The van der Waals surface area contributed by atoms with Crippen LogP contribution in [0, 0.1) is 6.92 Å². The van der Waals surface area contributed by atoms with Gasteiger partial charge >= 0.3 is 0 Å². The van der Waals surface area contributed by atoms with Gasteiger partial charge < -0.3 is 19.6 Å². The maximum Gasteiger partial charge on any atom is 0.279 e. The first-order chi connectivity index (χ1) is 13.1. The third-order valence-corrected chi connectivity index (χ3v) is 5.45. The van der Waals surface area contributed by atoms with E-state index in [1.807, 2.05) is 13.0 Å². The van der Waals surface area contributed by atoms with E-state index in [0.29, 0.717) is 6.54 Å². The van der Waals surface area contributed by atoms with E-state index < -0.39 is 0 Å².